The van der Waals surface area contributed by atoms with Gasteiger partial charge in [0.15, 0.2) is 5.13 Å². The van der Waals surface area contributed by atoms with Gasteiger partial charge in [-0.1, -0.05) is 30.3 Å². The van der Waals surface area contributed by atoms with Crippen molar-refractivity contribution in [1.29, 1.82) is 0 Å². The Bertz CT molecular complexity index is 563. The summed E-state index contributed by atoms with van der Waals surface area (Å²) in [6.07, 6.45) is 2.00. The van der Waals surface area contributed by atoms with Crippen molar-refractivity contribution in [3.05, 3.63) is 47.0 Å². The molecule has 1 unspecified atom stereocenters. The largest absolute Gasteiger partial charge is 0.349 e. The normalized spacial score (nSPS) is 12.6. The third kappa shape index (κ3) is 5.30. The number of hydrogen-bond acceptors (Lipinski definition) is 5. The molecule has 5 heteroatoms. The van der Waals surface area contributed by atoms with Gasteiger partial charge in [0.25, 0.3) is 0 Å². The predicted molar refractivity (Wildman–Crippen MR) is 100 cm³/mol. The highest BCUT2D eigenvalue weighted by molar-refractivity contribution is 7.15. The maximum absolute atomic E-state index is 4.56. The van der Waals surface area contributed by atoms with E-state index in [1.807, 2.05) is 6.20 Å². The van der Waals surface area contributed by atoms with Crippen LogP contribution in [0.2, 0.25) is 0 Å². The first kappa shape index (κ1) is 17.9. The number of nitrogens with zero attached hydrogens (tertiary/aromatic N) is 3. The van der Waals surface area contributed by atoms with Crippen molar-refractivity contribution in [3.63, 3.8) is 0 Å². The summed E-state index contributed by atoms with van der Waals surface area (Å²) in [7, 11) is 4.23. The molecule has 0 saturated carbocycles. The van der Waals surface area contributed by atoms with Gasteiger partial charge in [0.1, 0.15) is 0 Å². The van der Waals surface area contributed by atoms with Crippen LogP contribution in [-0.4, -0.2) is 43.6 Å². The Kier molecular flexibility index (Phi) is 7.02. The van der Waals surface area contributed by atoms with E-state index < -0.39 is 0 Å². The van der Waals surface area contributed by atoms with E-state index in [0.29, 0.717) is 6.04 Å². The third-order valence-corrected chi connectivity index (χ3v) is 4.91. The van der Waals surface area contributed by atoms with Crippen LogP contribution in [0.1, 0.15) is 30.3 Å². The van der Waals surface area contributed by atoms with E-state index >= 15 is 0 Å². The van der Waals surface area contributed by atoms with Crippen molar-refractivity contribution >= 4 is 16.5 Å². The van der Waals surface area contributed by atoms with Gasteiger partial charge in [-0.25, -0.2) is 4.98 Å². The van der Waals surface area contributed by atoms with Gasteiger partial charge >= 0.3 is 0 Å². The second-order valence-corrected chi connectivity index (χ2v) is 6.98. The number of rotatable bonds is 9. The highest BCUT2D eigenvalue weighted by Gasteiger charge is 2.13. The number of benzene rings is 1. The zero-order valence-corrected chi connectivity index (χ0v) is 15.4. The molecule has 4 nitrogen and oxygen atoms in total. The minimum absolute atomic E-state index is 0.324. The molecule has 1 aromatic heterocycles. The molecule has 0 radical (unpaired) electrons. The Morgan fingerprint density at radius 3 is 2.43 bits per heavy atom. The summed E-state index contributed by atoms with van der Waals surface area (Å²) in [6.45, 7) is 8.18. The van der Waals surface area contributed by atoms with E-state index in [1.54, 1.807) is 11.3 Å². The number of likely N-dealkylation sites (N-methyl/N-ethyl adjacent to an activating group) is 1. The first-order chi connectivity index (χ1) is 11.1. The van der Waals surface area contributed by atoms with E-state index in [2.05, 4.69) is 78.4 Å². The molecule has 0 fully saturated rings. The fourth-order valence-electron chi connectivity index (χ4n) is 2.58. The Hall–Kier alpha value is -1.43. The molecule has 1 heterocycles. The van der Waals surface area contributed by atoms with Crippen LogP contribution in [0.25, 0.3) is 0 Å². The second-order valence-electron chi connectivity index (χ2n) is 5.89. The van der Waals surface area contributed by atoms with Crippen LogP contribution in [0.3, 0.4) is 0 Å². The highest BCUT2D eigenvalue weighted by atomic mass is 32.1. The molecule has 23 heavy (non-hydrogen) atoms. The van der Waals surface area contributed by atoms with Gasteiger partial charge in [0, 0.05) is 43.3 Å². The Balaban J connectivity index is 2.01. The van der Waals surface area contributed by atoms with Gasteiger partial charge in [-0.15, -0.1) is 11.3 Å². The van der Waals surface area contributed by atoms with Gasteiger partial charge < -0.3 is 15.1 Å². The average molecular weight is 333 g/mol. The van der Waals surface area contributed by atoms with Crippen molar-refractivity contribution in [2.24, 2.45) is 0 Å². The minimum atomic E-state index is 0.324. The lowest BCUT2D eigenvalue weighted by Gasteiger charge is -2.22. The van der Waals surface area contributed by atoms with E-state index in [1.165, 1.54) is 10.4 Å². The molecule has 1 N–H and O–H groups in total. The number of aromatic nitrogens is 1. The molecular formula is C18H28N4S. The maximum atomic E-state index is 4.56. The SMILES string of the molecule is CCN(CC)c1ncc(CNC(CN(C)C)c2ccccc2)s1. The lowest BCUT2D eigenvalue weighted by Crippen LogP contribution is -2.30. The summed E-state index contributed by atoms with van der Waals surface area (Å²) in [4.78, 5) is 10.4. The summed E-state index contributed by atoms with van der Waals surface area (Å²) in [5.74, 6) is 0. The van der Waals surface area contributed by atoms with Crippen molar-refractivity contribution < 1.29 is 0 Å². The van der Waals surface area contributed by atoms with Gasteiger partial charge in [-0.2, -0.15) is 0 Å². The van der Waals surface area contributed by atoms with Crippen LogP contribution in [0.5, 0.6) is 0 Å². The van der Waals surface area contributed by atoms with Crippen LogP contribution in [0.4, 0.5) is 5.13 Å². The van der Waals surface area contributed by atoms with E-state index in [-0.39, 0.29) is 0 Å². The smallest absolute Gasteiger partial charge is 0.185 e. The second kappa shape index (κ2) is 9.01. The van der Waals surface area contributed by atoms with Crippen LogP contribution in [0, 0.1) is 0 Å². The Labute approximate surface area is 144 Å². The van der Waals surface area contributed by atoms with Gasteiger partial charge in [-0.05, 0) is 33.5 Å². The molecule has 0 aliphatic heterocycles. The summed E-state index contributed by atoms with van der Waals surface area (Å²) < 4.78 is 0. The van der Waals surface area contributed by atoms with Crippen molar-refractivity contribution in [2.75, 3.05) is 38.6 Å². The lowest BCUT2D eigenvalue weighted by molar-refractivity contribution is 0.341. The van der Waals surface area contributed by atoms with E-state index in [4.69, 9.17) is 0 Å². The molecule has 0 bridgehead atoms. The standard InChI is InChI=1S/C18H28N4S/c1-5-22(6-2)18-20-13-16(23-18)12-19-17(14-21(3)4)15-10-8-7-9-11-15/h7-11,13,17,19H,5-6,12,14H2,1-4H3. The van der Waals surface area contributed by atoms with Crippen LogP contribution in [0.15, 0.2) is 36.5 Å². The predicted octanol–water partition coefficient (Wildman–Crippen LogP) is 3.38. The van der Waals surface area contributed by atoms with Crippen molar-refractivity contribution in [2.45, 2.75) is 26.4 Å². The number of anilines is 1. The molecule has 1 atom stereocenters. The van der Waals surface area contributed by atoms with Gasteiger partial charge in [0.2, 0.25) is 0 Å². The Morgan fingerprint density at radius 2 is 1.83 bits per heavy atom. The van der Waals surface area contributed by atoms with Crippen molar-refractivity contribution in [3.8, 4) is 0 Å². The zero-order chi connectivity index (χ0) is 16.7. The quantitative estimate of drug-likeness (QED) is 0.763. The fraction of sp³-hybridized carbons (Fsp3) is 0.500. The molecule has 2 rings (SSSR count). The molecule has 1 aromatic carbocycles. The summed E-state index contributed by atoms with van der Waals surface area (Å²) in [5, 5.41) is 4.80. The molecular weight excluding hydrogens is 304 g/mol. The summed E-state index contributed by atoms with van der Waals surface area (Å²) in [5.41, 5.74) is 1.33. The topological polar surface area (TPSA) is 31.4 Å². The summed E-state index contributed by atoms with van der Waals surface area (Å²) >= 11 is 1.78. The fourth-order valence-corrected chi connectivity index (χ4v) is 3.57. The van der Waals surface area contributed by atoms with Gasteiger partial charge in [-0.3, -0.25) is 0 Å². The maximum Gasteiger partial charge on any atom is 0.185 e. The molecule has 0 aliphatic carbocycles. The molecule has 0 saturated heterocycles. The van der Waals surface area contributed by atoms with E-state index in [9.17, 15) is 0 Å². The van der Waals surface area contributed by atoms with Crippen molar-refractivity contribution in [1.82, 2.24) is 15.2 Å². The Morgan fingerprint density at radius 1 is 1.13 bits per heavy atom. The minimum Gasteiger partial charge on any atom is -0.349 e. The van der Waals surface area contributed by atoms with Crippen LogP contribution < -0.4 is 10.2 Å². The number of hydrogen-bond donors (Lipinski definition) is 1. The first-order valence-electron chi connectivity index (χ1n) is 8.26. The monoisotopic (exact) mass is 332 g/mol. The van der Waals surface area contributed by atoms with Crippen LogP contribution >= 0.6 is 11.3 Å². The summed E-state index contributed by atoms with van der Waals surface area (Å²) in [6, 6.07) is 11.0. The number of thiazole rings is 1. The lowest BCUT2D eigenvalue weighted by atomic mass is 10.1. The highest BCUT2D eigenvalue weighted by Crippen LogP contribution is 2.23. The number of nitrogens with one attached hydrogen (secondary N) is 1. The average Bonchev–Trinajstić information content (AvgIpc) is 3.02. The zero-order valence-electron chi connectivity index (χ0n) is 14.6. The van der Waals surface area contributed by atoms with Crippen LogP contribution in [-0.2, 0) is 6.54 Å². The van der Waals surface area contributed by atoms with E-state index in [0.717, 1.165) is 31.3 Å². The molecule has 0 amide bonds. The molecule has 126 valence electrons. The van der Waals surface area contributed by atoms with Gasteiger partial charge in [0.05, 0.1) is 0 Å². The molecule has 0 aliphatic rings. The molecule has 2 aromatic rings. The molecule has 0 spiro atoms. The third-order valence-electron chi connectivity index (χ3n) is 3.85. The first-order valence-corrected chi connectivity index (χ1v) is 9.08.